The molecule has 5 nitrogen and oxygen atoms in total. The number of unbranched alkanes of at least 4 members (excludes halogenated alkanes) is 1. The van der Waals surface area contributed by atoms with Gasteiger partial charge in [-0.2, -0.15) is 18.3 Å². The fourth-order valence-electron chi connectivity index (χ4n) is 5.19. The zero-order valence-electron chi connectivity index (χ0n) is 19.0. The maximum Gasteiger partial charge on any atom is 0.416 e. The minimum absolute atomic E-state index is 0.214. The third kappa shape index (κ3) is 4.45. The molecule has 33 heavy (non-hydrogen) atoms. The van der Waals surface area contributed by atoms with Crippen LogP contribution >= 0.6 is 0 Å². The second kappa shape index (κ2) is 8.97. The van der Waals surface area contributed by atoms with Gasteiger partial charge in [0.1, 0.15) is 0 Å². The Bertz CT molecular complexity index is 1030. The molecule has 1 heterocycles. The van der Waals surface area contributed by atoms with E-state index in [1.807, 2.05) is 55.1 Å². The molecule has 4 rings (SSSR count). The molecular formula is C25H30F3N3O2. The van der Waals surface area contributed by atoms with Gasteiger partial charge in [0.15, 0.2) is 6.10 Å². The number of hydrogen-bond donors (Lipinski definition) is 1. The maximum absolute atomic E-state index is 13.5. The number of carbonyl (C=O) groups is 1. The second-order valence-corrected chi connectivity index (χ2v) is 9.35. The van der Waals surface area contributed by atoms with E-state index in [4.69, 9.17) is 0 Å². The van der Waals surface area contributed by atoms with Gasteiger partial charge >= 0.3 is 6.18 Å². The monoisotopic (exact) mass is 461 g/mol. The number of allylic oxidation sites excluding steroid dienone is 1. The van der Waals surface area contributed by atoms with Gasteiger partial charge in [-0.05, 0) is 49.5 Å². The van der Waals surface area contributed by atoms with Gasteiger partial charge in [0, 0.05) is 17.9 Å². The molecule has 2 aromatic rings. The number of halogens is 3. The van der Waals surface area contributed by atoms with Gasteiger partial charge in [-0.1, -0.05) is 44.0 Å². The summed E-state index contributed by atoms with van der Waals surface area (Å²) in [5.74, 6) is -0.717. The van der Waals surface area contributed by atoms with Crippen LogP contribution in [0.15, 0.2) is 42.1 Å². The van der Waals surface area contributed by atoms with Gasteiger partial charge in [0.25, 0.3) is 0 Å². The molecule has 3 atom stereocenters. The van der Waals surface area contributed by atoms with Crippen LogP contribution in [0.1, 0.15) is 50.8 Å². The summed E-state index contributed by atoms with van der Waals surface area (Å²) < 4.78 is 40.9. The van der Waals surface area contributed by atoms with Crippen molar-refractivity contribution in [2.45, 2.75) is 58.2 Å². The van der Waals surface area contributed by atoms with Crippen molar-refractivity contribution in [2.24, 2.45) is 11.3 Å². The summed E-state index contributed by atoms with van der Waals surface area (Å²) in [6, 6.07) is 9.82. The smallest absolute Gasteiger partial charge is 0.382 e. The van der Waals surface area contributed by atoms with Crippen molar-refractivity contribution in [1.82, 2.24) is 14.7 Å². The minimum atomic E-state index is -4.75. The predicted octanol–water partition coefficient (Wildman–Crippen LogP) is 4.78. The van der Waals surface area contributed by atoms with Gasteiger partial charge in [0.05, 0.1) is 24.1 Å². The molecule has 2 aliphatic rings. The number of fused-ring (bicyclic) bond motifs is 2. The molecule has 2 aliphatic carbocycles. The SMILES string of the molecule is CCCCN(CC(O)C(F)(F)F)C(=O)[C@H]1CCC2=Cc3c(cnn3-c3ccccc3)C[C@@]21C. The number of carbonyl (C=O) groups excluding carboxylic acids is 1. The van der Waals surface area contributed by atoms with E-state index in [0.717, 1.165) is 35.4 Å². The van der Waals surface area contributed by atoms with Crippen LogP contribution in [-0.2, 0) is 11.2 Å². The van der Waals surface area contributed by atoms with E-state index < -0.39 is 30.2 Å². The molecule has 1 fully saturated rings. The lowest BCUT2D eigenvalue weighted by molar-refractivity contribution is -0.208. The third-order valence-electron chi connectivity index (χ3n) is 7.12. The van der Waals surface area contributed by atoms with E-state index in [2.05, 4.69) is 11.2 Å². The Morgan fingerprint density at radius 2 is 2.06 bits per heavy atom. The number of hydrogen-bond acceptors (Lipinski definition) is 3. The van der Waals surface area contributed by atoms with Crippen molar-refractivity contribution in [3.8, 4) is 5.69 Å². The summed E-state index contributed by atoms with van der Waals surface area (Å²) >= 11 is 0. The first-order valence-electron chi connectivity index (χ1n) is 11.5. The highest BCUT2D eigenvalue weighted by Crippen LogP contribution is 2.53. The highest BCUT2D eigenvalue weighted by atomic mass is 19.4. The summed E-state index contributed by atoms with van der Waals surface area (Å²) in [4.78, 5) is 14.7. The van der Waals surface area contributed by atoms with E-state index in [9.17, 15) is 23.1 Å². The molecular weight excluding hydrogens is 431 g/mol. The van der Waals surface area contributed by atoms with Crippen LogP contribution in [-0.4, -0.2) is 51.1 Å². The Morgan fingerprint density at radius 3 is 2.73 bits per heavy atom. The second-order valence-electron chi connectivity index (χ2n) is 9.35. The van der Waals surface area contributed by atoms with Crippen LogP contribution in [0.2, 0.25) is 0 Å². The molecule has 0 bridgehead atoms. The van der Waals surface area contributed by atoms with Crippen LogP contribution in [0.5, 0.6) is 0 Å². The Labute approximate surface area is 191 Å². The van der Waals surface area contributed by atoms with E-state index in [0.29, 0.717) is 19.3 Å². The number of para-hydroxylation sites is 1. The first kappa shape index (κ1) is 23.5. The quantitative estimate of drug-likeness (QED) is 0.646. The summed E-state index contributed by atoms with van der Waals surface area (Å²) in [6.07, 6.45) is -0.0928. The summed E-state index contributed by atoms with van der Waals surface area (Å²) in [5, 5.41) is 14.2. The van der Waals surface area contributed by atoms with Crippen molar-refractivity contribution in [1.29, 1.82) is 0 Å². The summed E-state index contributed by atoms with van der Waals surface area (Å²) in [5.41, 5.74) is 3.65. The number of amides is 1. The minimum Gasteiger partial charge on any atom is -0.382 e. The number of nitrogens with zero attached hydrogens (tertiary/aromatic N) is 3. The van der Waals surface area contributed by atoms with E-state index in [1.54, 1.807) is 0 Å². The molecule has 178 valence electrons. The van der Waals surface area contributed by atoms with Crippen LogP contribution in [0.4, 0.5) is 13.2 Å². The molecule has 1 N–H and O–H groups in total. The lowest BCUT2D eigenvalue weighted by Gasteiger charge is -2.38. The van der Waals surface area contributed by atoms with Crippen molar-refractivity contribution in [3.63, 3.8) is 0 Å². The molecule has 8 heteroatoms. The third-order valence-corrected chi connectivity index (χ3v) is 7.12. The lowest BCUT2D eigenvalue weighted by Crippen LogP contribution is -2.48. The van der Waals surface area contributed by atoms with Gasteiger partial charge < -0.3 is 10.0 Å². The Balaban J connectivity index is 1.60. The van der Waals surface area contributed by atoms with Gasteiger partial charge in [0.2, 0.25) is 5.91 Å². The normalized spacial score (nSPS) is 23.0. The Hall–Kier alpha value is -2.61. The fraction of sp³-hybridized carbons (Fsp3) is 0.520. The van der Waals surface area contributed by atoms with Crippen LogP contribution in [0.25, 0.3) is 11.8 Å². The predicted molar refractivity (Wildman–Crippen MR) is 120 cm³/mol. The summed E-state index contributed by atoms with van der Waals surface area (Å²) in [7, 11) is 0. The first-order chi connectivity index (χ1) is 15.6. The van der Waals surface area contributed by atoms with Crippen LogP contribution in [0.3, 0.4) is 0 Å². The topological polar surface area (TPSA) is 58.4 Å². The number of aliphatic hydroxyl groups excluding tert-OH is 1. The molecule has 1 amide bonds. The molecule has 1 aromatic carbocycles. The highest BCUT2D eigenvalue weighted by Gasteiger charge is 2.50. The molecule has 1 unspecified atom stereocenters. The van der Waals surface area contributed by atoms with E-state index in [-0.39, 0.29) is 12.5 Å². The maximum atomic E-state index is 13.5. The number of alkyl halides is 3. The number of benzene rings is 1. The zero-order chi connectivity index (χ0) is 23.8. The number of rotatable bonds is 7. The highest BCUT2D eigenvalue weighted by molar-refractivity contribution is 5.82. The van der Waals surface area contributed by atoms with Crippen molar-refractivity contribution < 1.29 is 23.1 Å². The fourth-order valence-corrected chi connectivity index (χ4v) is 5.19. The van der Waals surface area contributed by atoms with Crippen molar-refractivity contribution >= 4 is 12.0 Å². The van der Waals surface area contributed by atoms with Crippen molar-refractivity contribution in [2.75, 3.05) is 13.1 Å². The molecule has 0 aliphatic heterocycles. The summed E-state index contributed by atoms with van der Waals surface area (Å²) in [6.45, 7) is 3.46. The standard InChI is InChI=1S/C25H30F3N3O2/c1-3-4-12-30(16-22(32)25(26,27)28)23(33)20-11-10-18-13-21-17(14-24(18,20)2)15-29-31(21)19-8-6-5-7-9-19/h5-9,13,15,20,22,32H,3-4,10-12,14,16H2,1-2H3/t20-,22?,24+/m1/s1. The molecule has 0 spiro atoms. The van der Waals surface area contributed by atoms with Gasteiger partial charge in [-0.3, -0.25) is 4.79 Å². The van der Waals surface area contributed by atoms with Crippen LogP contribution in [0, 0.1) is 11.3 Å². The average Bonchev–Trinajstić information content (AvgIpc) is 3.33. The molecule has 1 aromatic heterocycles. The first-order valence-corrected chi connectivity index (χ1v) is 11.5. The molecule has 1 saturated carbocycles. The molecule has 0 saturated heterocycles. The number of aliphatic hydroxyl groups is 1. The average molecular weight is 462 g/mol. The van der Waals surface area contributed by atoms with E-state index in [1.165, 1.54) is 4.90 Å². The Kier molecular flexibility index (Phi) is 6.40. The largest absolute Gasteiger partial charge is 0.416 e. The lowest BCUT2D eigenvalue weighted by atomic mass is 9.69. The van der Waals surface area contributed by atoms with Crippen molar-refractivity contribution in [3.05, 3.63) is 53.4 Å². The van der Waals surface area contributed by atoms with Gasteiger partial charge in [-0.25, -0.2) is 4.68 Å². The van der Waals surface area contributed by atoms with Gasteiger partial charge in [-0.15, -0.1) is 0 Å². The number of aromatic nitrogens is 2. The van der Waals surface area contributed by atoms with E-state index >= 15 is 0 Å². The van der Waals surface area contributed by atoms with Crippen LogP contribution < -0.4 is 0 Å². The Morgan fingerprint density at radius 1 is 1.33 bits per heavy atom. The zero-order valence-corrected chi connectivity index (χ0v) is 19.0. The molecule has 0 radical (unpaired) electrons.